The molecule has 4 unspecified atom stereocenters. The highest BCUT2D eigenvalue weighted by molar-refractivity contribution is 5.94. The molecule has 2 saturated heterocycles. The Morgan fingerprint density at radius 2 is 1.61 bits per heavy atom. The molecule has 2 N–H and O–H groups in total. The van der Waals surface area contributed by atoms with E-state index in [9.17, 15) is 22.8 Å². The molecule has 4 rings (SSSR count). The summed E-state index contributed by atoms with van der Waals surface area (Å²) in [5, 5.41) is 5.32. The Balaban J connectivity index is 1.32. The monoisotopic (exact) mass is 436 g/mol. The van der Waals surface area contributed by atoms with E-state index in [2.05, 4.69) is 10.6 Å². The molecule has 2 amide bonds. The maximum absolute atomic E-state index is 12.7. The second kappa shape index (κ2) is 8.56. The molecule has 4 atom stereocenters. The van der Waals surface area contributed by atoms with E-state index in [1.807, 2.05) is 6.07 Å². The van der Waals surface area contributed by atoms with Crippen molar-refractivity contribution < 1.29 is 37.0 Å². The predicted molar refractivity (Wildman–Crippen MR) is 103 cm³/mol. The lowest BCUT2D eigenvalue weighted by atomic mass is 10.1. The van der Waals surface area contributed by atoms with E-state index in [0.717, 1.165) is 24.3 Å². The van der Waals surface area contributed by atoms with Gasteiger partial charge in [0.25, 0.3) is 5.91 Å². The van der Waals surface area contributed by atoms with Crippen molar-refractivity contribution >= 4 is 17.7 Å². The number of ether oxygens (including phenoxy) is 3. The predicted octanol–water partition coefficient (Wildman–Crippen LogP) is 3.22. The molecule has 10 heteroatoms. The van der Waals surface area contributed by atoms with Crippen molar-refractivity contribution in [3.05, 3.63) is 65.7 Å². The first-order valence-electron chi connectivity index (χ1n) is 9.55. The Kier molecular flexibility index (Phi) is 5.84. The number of rotatable bonds is 4. The van der Waals surface area contributed by atoms with Crippen LogP contribution in [0.5, 0.6) is 0 Å². The number of amides is 2. The van der Waals surface area contributed by atoms with Crippen molar-refractivity contribution in [3.8, 4) is 0 Å². The van der Waals surface area contributed by atoms with E-state index >= 15 is 0 Å². The third kappa shape index (κ3) is 4.80. The molecule has 7 nitrogen and oxygen atoms in total. The van der Waals surface area contributed by atoms with Gasteiger partial charge in [0.15, 0.2) is 6.10 Å². The second-order valence-corrected chi connectivity index (χ2v) is 7.19. The van der Waals surface area contributed by atoms with Crippen LogP contribution < -0.4 is 10.6 Å². The van der Waals surface area contributed by atoms with Crippen molar-refractivity contribution in [3.63, 3.8) is 0 Å². The van der Waals surface area contributed by atoms with E-state index in [4.69, 9.17) is 14.2 Å². The van der Waals surface area contributed by atoms with Crippen molar-refractivity contribution in [2.24, 2.45) is 0 Å². The number of anilines is 1. The number of nitrogens with one attached hydrogen (secondary N) is 2. The van der Waals surface area contributed by atoms with Crippen molar-refractivity contribution in [2.45, 2.75) is 30.5 Å². The highest BCUT2D eigenvalue weighted by Gasteiger charge is 2.50. The SMILES string of the molecule is O=C(Nc1ccccc1)OC1COC2C(NC(=O)c3ccc(C(F)(F)F)cc3)COC12. The number of fused-ring (bicyclic) bond motifs is 1. The van der Waals surface area contributed by atoms with Crippen molar-refractivity contribution in [1.29, 1.82) is 0 Å². The fraction of sp³-hybridized carbons (Fsp3) is 0.333. The molecule has 0 saturated carbocycles. The summed E-state index contributed by atoms with van der Waals surface area (Å²) in [5.74, 6) is -0.544. The molecule has 2 aliphatic rings. The van der Waals surface area contributed by atoms with Crippen LogP contribution in [0.3, 0.4) is 0 Å². The van der Waals surface area contributed by atoms with Gasteiger partial charge in [-0.05, 0) is 36.4 Å². The number of halogens is 3. The molecule has 0 aromatic heterocycles. The number of hydrogen-bond donors (Lipinski definition) is 2. The van der Waals surface area contributed by atoms with Crippen LogP contribution in [0.1, 0.15) is 15.9 Å². The Bertz CT molecular complexity index is 936. The molecule has 0 aliphatic carbocycles. The molecule has 2 aromatic carbocycles. The molecule has 164 valence electrons. The van der Waals surface area contributed by atoms with Crippen LogP contribution in [0.2, 0.25) is 0 Å². The number of para-hydroxylation sites is 1. The van der Waals surface area contributed by atoms with Gasteiger partial charge in [0.2, 0.25) is 0 Å². The molecule has 31 heavy (non-hydrogen) atoms. The van der Waals surface area contributed by atoms with Crippen LogP contribution in [0.25, 0.3) is 0 Å². The molecule has 0 spiro atoms. The summed E-state index contributed by atoms with van der Waals surface area (Å²) >= 11 is 0. The van der Waals surface area contributed by atoms with Crippen LogP contribution in [-0.2, 0) is 20.4 Å². The fourth-order valence-electron chi connectivity index (χ4n) is 3.56. The van der Waals surface area contributed by atoms with Gasteiger partial charge >= 0.3 is 12.3 Å². The quantitative estimate of drug-likeness (QED) is 0.769. The third-order valence-electron chi connectivity index (χ3n) is 5.08. The Hall–Kier alpha value is -3.11. The Morgan fingerprint density at radius 1 is 0.935 bits per heavy atom. The van der Waals surface area contributed by atoms with Gasteiger partial charge in [0.05, 0.1) is 24.8 Å². The fourth-order valence-corrected chi connectivity index (χ4v) is 3.56. The zero-order valence-electron chi connectivity index (χ0n) is 16.1. The summed E-state index contributed by atoms with van der Waals surface area (Å²) in [7, 11) is 0. The second-order valence-electron chi connectivity index (χ2n) is 7.19. The average molecular weight is 436 g/mol. The molecule has 2 aliphatic heterocycles. The molecular weight excluding hydrogens is 417 g/mol. The minimum atomic E-state index is -4.47. The third-order valence-corrected chi connectivity index (χ3v) is 5.08. The zero-order chi connectivity index (χ0) is 22.0. The van der Waals surface area contributed by atoms with Crippen LogP contribution in [0.15, 0.2) is 54.6 Å². The maximum atomic E-state index is 12.7. The molecule has 2 fully saturated rings. The van der Waals surface area contributed by atoms with Crippen LogP contribution in [0, 0.1) is 0 Å². The highest BCUT2D eigenvalue weighted by atomic mass is 19.4. The highest BCUT2D eigenvalue weighted by Crippen LogP contribution is 2.30. The van der Waals surface area contributed by atoms with Crippen LogP contribution >= 0.6 is 0 Å². The first-order valence-corrected chi connectivity index (χ1v) is 9.55. The number of carbonyl (C=O) groups is 2. The first kappa shape index (κ1) is 21.1. The largest absolute Gasteiger partial charge is 0.441 e. The lowest BCUT2D eigenvalue weighted by Crippen LogP contribution is -2.44. The molecule has 2 aromatic rings. The van der Waals surface area contributed by atoms with E-state index in [1.54, 1.807) is 24.3 Å². The van der Waals surface area contributed by atoms with Gasteiger partial charge in [-0.3, -0.25) is 10.1 Å². The number of hydrogen-bond acceptors (Lipinski definition) is 5. The minimum absolute atomic E-state index is 0.0875. The first-order chi connectivity index (χ1) is 14.8. The van der Waals surface area contributed by atoms with Gasteiger partial charge in [-0.15, -0.1) is 0 Å². The van der Waals surface area contributed by atoms with Crippen molar-refractivity contribution in [2.75, 3.05) is 18.5 Å². The van der Waals surface area contributed by atoms with E-state index < -0.39 is 48.1 Å². The molecule has 0 radical (unpaired) electrons. The van der Waals surface area contributed by atoms with Gasteiger partial charge in [-0.2, -0.15) is 13.2 Å². The van der Waals surface area contributed by atoms with Crippen LogP contribution in [0.4, 0.5) is 23.7 Å². The van der Waals surface area contributed by atoms with E-state index in [-0.39, 0.29) is 18.8 Å². The summed E-state index contributed by atoms with van der Waals surface area (Å²) in [6.07, 6.45) is -6.86. The molecular formula is C21H19F3N2O5. The van der Waals surface area contributed by atoms with Crippen LogP contribution in [-0.4, -0.2) is 49.6 Å². The summed E-state index contributed by atoms with van der Waals surface area (Å²) in [5.41, 5.74) is -0.164. The Morgan fingerprint density at radius 3 is 2.29 bits per heavy atom. The summed E-state index contributed by atoms with van der Waals surface area (Å²) < 4.78 is 54.7. The van der Waals surface area contributed by atoms with E-state index in [0.29, 0.717) is 5.69 Å². The molecule has 2 heterocycles. The maximum Gasteiger partial charge on any atom is 0.416 e. The topological polar surface area (TPSA) is 85.9 Å². The summed E-state index contributed by atoms with van der Waals surface area (Å²) in [6.45, 7) is 0.228. The van der Waals surface area contributed by atoms with Crippen molar-refractivity contribution in [1.82, 2.24) is 5.32 Å². The summed E-state index contributed by atoms with van der Waals surface area (Å²) in [4.78, 5) is 24.5. The van der Waals surface area contributed by atoms with Gasteiger partial charge in [0, 0.05) is 11.3 Å². The number of alkyl halides is 3. The normalized spacial score (nSPS) is 25.0. The summed E-state index contributed by atoms with van der Waals surface area (Å²) in [6, 6.07) is 12.2. The number of carbonyl (C=O) groups excluding carboxylic acids is 2. The standard InChI is InChI=1S/C21H19F3N2O5/c22-21(23,24)13-8-6-12(7-9-13)19(27)26-15-10-29-18-16(11-30-17(15)18)31-20(28)25-14-4-2-1-3-5-14/h1-9,15-18H,10-11H2,(H,25,28)(H,26,27). The minimum Gasteiger partial charge on any atom is -0.441 e. The number of benzene rings is 2. The lowest BCUT2D eigenvalue weighted by molar-refractivity contribution is -0.137. The zero-order valence-corrected chi connectivity index (χ0v) is 16.1. The molecule has 0 bridgehead atoms. The van der Waals surface area contributed by atoms with Gasteiger partial charge in [-0.25, -0.2) is 4.79 Å². The van der Waals surface area contributed by atoms with E-state index in [1.165, 1.54) is 0 Å². The smallest absolute Gasteiger partial charge is 0.416 e. The van der Waals surface area contributed by atoms with Gasteiger partial charge in [-0.1, -0.05) is 18.2 Å². The average Bonchev–Trinajstić information content (AvgIpc) is 3.31. The Labute approximate surface area is 175 Å². The van der Waals surface area contributed by atoms with Gasteiger partial charge in [0.1, 0.15) is 12.2 Å². The van der Waals surface area contributed by atoms with Gasteiger partial charge < -0.3 is 19.5 Å². The lowest BCUT2D eigenvalue weighted by Gasteiger charge is -2.18.